The van der Waals surface area contributed by atoms with Crippen LogP contribution in [0, 0.1) is 5.92 Å². The van der Waals surface area contributed by atoms with Crippen molar-refractivity contribution in [3.63, 3.8) is 0 Å². The summed E-state index contributed by atoms with van der Waals surface area (Å²) in [6.07, 6.45) is 2.80. The molecular weight excluding hydrogens is 308 g/mol. The Labute approximate surface area is 137 Å². The van der Waals surface area contributed by atoms with Crippen molar-refractivity contribution in [3.8, 4) is 5.69 Å². The van der Waals surface area contributed by atoms with E-state index in [0.717, 1.165) is 17.4 Å². The molecule has 112 valence electrons. The number of amides is 1. The summed E-state index contributed by atoms with van der Waals surface area (Å²) < 4.78 is 23.1. The summed E-state index contributed by atoms with van der Waals surface area (Å²) in [6, 6.07) is 3.59. The Balaban J connectivity index is 2.13. The fraction of sp³-hybridized carbons (Fsp3) is 0.357. The molecule has 0 saturated carbocycles. The average Bonchev–Trinajstić information content (AvgIpc) is 2.93. The summed E-state index contributed by atoms with van der Waals surface area (Å²) in [7, 11) is 1.59. The first kappa shape index (κ1) is 12.1. The molecule has 0 aliphatic carbocycles. The number of rotatable bonds is 5. The average molecular weight is 328 g/mol. The lowest BCUT2D eigenvalue weighted by Crippen LogP contribution is -2.32. The molecular formula is C14H17ClN4OS. The first-order valence-electron chi connectivity index (χ1n) is 7.76. The van der Waals surface area contributed by atoms with E-state index in [1.54, 1.807) is 38.6 Å². The summed E-state index contributed by atoms with van der Waals surface area (Å²) in [4.78, 5) is 17.9. The van der Waals surface area contributed by atoms with E-state index in [-0.39, 0.29) is 16.8 Å². The van der Waals surface area contributed by atoms with Gasteiger partial charge in [-0.25, -0.2) is 4.68 Å². The SMILES string of the molecule is [2H]C([2H])([2H])SCC(C)C(=O)N(C)c1cn(-c2cccnc2)nc1Cl. The molecule has 1 unspecified atom stereocenters. The number of thioether (sulfide) groups is 1. The van der Waals surface area contributed by atoms with E-state index in [1.165, 1.54) is 9.58 Å². The van der Waals surface area contributed by atoms with Gasteiger partial charge in [0.25, 0.3) is 0 Å². The van der Waals surface area contributed by atoms with Gasteiger partial charge in [0.2, 0.25) is 5.91 Å². The lowest BCUT2D eigenvalue weighted by Gasteiger charge is -2.19. The Morgan fingerprint density at radius 3 is 3.14 bits per heavy atom. The number of nitrogens with zero attached hydrogens (tertiary/aromatic N) is 4. The Kier molecular flexibility index (Phi) is 3.99. The van der Waals surface area contributed by atoms with Crippen molar-refractivity contribution in [1.82, 2.24) is 14.8 Å². The molecule has 0 fully saturated rings. The Hall–Kier alpha value is -1.53. The molecule has 0 saturated heterocycles. The molecule has 1 atom stereocenters. The summed E-state index contributed by atoms with van der Waals surface area (Å²) in [5, 5.41) is 4.37. The maximum Gasteiger partial charge on any atom is 0.230 e. The number of aromatic nitrogens is 3. The van der Waals surface area contributed by atoms with Crippen LogP contribution < -0.4 is 4.90 Å². The maximum absolute atomic E-state index is 12.5. The number of carbonyl (C=O) groups excluding carboxylic acids is 1. The Morgan fingerprint density at radius 2 is 2.48 bits per heavy atom. The summed E-state index contributed by atoms with van der Waals surface area (Å²) >= 11 is 6.93. The number of halogens is 1. The molecule has 0 aliphatic rings. The number of pyridine rings is 1. The van der Waals surface area contributed by atoms with Gasteiger partial charge >= 0.3 is 0 Å². The van der Waals surface area contributed by atoms with E-state index in [9.17, 15) is 4.79 Å². The van der Waals surface area contributed by atoms with Crippen LogP contribution in [0.5, 0.6) is 0 Å². The van der Waals surface area contributed by atoms with Crippen molar-refractivity contribution in [2.24, 2.45) is 5.92 Å². The van der Waals surface area contributed by atoms with Crippen LogP contribution >= 0.6 is 23.4 Å². The quantitative estimate of drug-likeness (QED) is 0.847. The second kappa shape index (κ2) is 6.95. The van der Waals surface area contributed by atoms with Crippen molar-refractivity contribution >= 4 is 35.0 Å². The van der Waals surface area contributed by atoms with Gasteiger partial charge in [0, 0.05) is 29.0 Å². The van der Waals surface area contributed by atoms with Crippen molar-refractivity contribution in [3.05, 3.63) is 35.9 Å². The zero-order chi connectivity index (χ0) is 17.9. The number of carbonyl (C=O) groups is 1. The van der Waals surface area contributed by atoms with Crippen molar-refractivity contribution in [2.75, 3.05) is 23.9 Å². The highest BCUT2D eigenvalue weighted by molar-refractivity contribution is 7.98. The van der Waals surface area contributed by atoms with Crippen LogP contribution in [0.4, 0.5) is 5.69 Å². The minimum atomic E-state index is -2.12. The zero-order valence-corrected chi connectivity index (χ0v) is 13.2. The Bertz CT molecular complexity index is 708. The Morgan fingerprint density at radius 1 is 1.67 bits per heavy atom. The molecule has 0 bridgehead atoms. The van der Waals surface area contributed by atoms with Gasteiger partial charge in [-0.2, -0.15) is 16.9 Å². The smallest absolute Gasteiger partial charge is 0.230 e. The predicted molar refractivity (Wildman–Crippen MR) is 87.3 cm³/mol. The van der Waals surface area contributed by atoms with Crippen LogP contribution in [0.3, 0.4) is 0 Å². The molecule has 2 heterocycles. The third-order valence-electron chi connectivity index (χ3n) is 3.01. The van der Waals surface area contributed by atoms with Gasteiger partial charge in [-0.3, -0.25) is 9.78 Å². The fourth-order valence-corrected chi connectivity index (χ4v) is 2.49. The maximum atomic E-state index is 12.5. The molecule has 7 heteroatoms. The van der Waals surface area contributed by atoms with E-state index >= 15 is 0 Å². The molecule has 0 spiro atoms. The van der Waals surface area contributed by atoms with Crippen molar-refractivity contribution < 1.29 is 8.91 Å². The lowest BCUT2D eigenvalue weighted by molar-refractivity contribution is -0.120. The van der Waals surface area contributed by atoms with Crippen molar-refractivity contribution in [1.29, 1.82) is 0 Å². The highest BCUT2D eigenvalue weighted by Gasteiger charge is 2.22. The van der Waals surface area contributed by atoms with E-state index in [1.807, 2.05) is 6.07 Å². The van der Waals surface area contributed by atoms with Gasteiger partial charge in [-0.1, -0.05) is 18.5 Å². The number of hydrogen-bond donors (Lipinski definition) is 0. The molecule has 2 aromatic rings. The predicted octanol–water partition coefficient (Wildman–Crippen LogP) is 2.88. The molecule has 0 aromatic carbocycles. The molecule has 0 N–H and O–H groups in total. The first-order chi connectivity index (χ1) is 11.2. The molecule has 0 radical (unpaired) electrons. The number of hydrogen-bond acceptors (Lipinski definition) is 4. The van der Waals surface area contributed by atoms with E-state index in [4.69, 9.17) is 15.7 Å². The highest BCUT2D eigenvalue weighted by Crippen LogP contribution is 2.26. The van der Waals surface area contributed by atoms with Crippen LogP contribution in [-0.2, 0) is 4.79 Å². The fourth-order valence-electron chi connectivity index (χ4n) is 1.84. The second-order valence-corrected chi connectivity index (χ2v) is 5.55. The largest absolute Gasteiger partial charge is 0.311 e. The van der Waals surface area contributed by atoms with E-state index in [0.29, 0.717) is 5.69 Å². The second-order valence-electron chi connectivity index (χ2n) is 4.57. The van der Waals surface area contributed by atoms with Crippen LogP contribution in [0.25, 0.3) is 5.69 Å². The van der Waals surface area contributed by atoms with Gasteiger partial charge < -0.3 is 4.90 Å². The van der Waals surface area contributed by atoms with Gasteiger partial charge in [0.15, 0.2) is 5.15 Å². The molecule has 1 amide bonds. The molecule has 2 rings (SSSR count). The molecule has 5 nitrogen and oxygen atoms in total. The third kappa shape index (κ3) is 3.57. The number of anilines is 1. The molecule has 2 aromatic heterocycles. The standard InChI is InChI=1S/C14H17ClN4OS/c1-10(9-21-3)14(20)18(2)12-8-19(17-13(12)15)11-5-4-6-16-7-11/h4-8,10H,9H2,1-3H3/i3D3. The van der Waals surface area contributed by atoms with Gasteiger partial charge in [0.05, 0.1) is 18.1 Å². The lowest BCUT2D eigenvalue weighted by atomic mass is 10.2. The first-order valence-corrected chi connectivity index (χ1v) is 7.62. The summed E-state index contributed by atoms with van der Waals surface area (Å²) in [6.45, 7) is 1.69. The van der Waals surface area contributed by atoms with E-state index < -0.39 is 12.1 Å². The minimum absolute atomic E-state index is 0.186. The summed E-state index contributed by atoms with van der Waals surface area (Å²) in [5.41, 5.74) is 1.17. The summed E-state index contributed by atoms with van der Waals surface area (Å²) in [5.74, 6) is -0.480. The van der Waals surface area contributed by atoms with Gasteiger partial charge in [0.1, 0.15) is 5.69 Å². The minimum Gasteiger partial charge on any atom is -0.311 e. The normalized spacial score (nSPS) is 14.9. The van der Waals surface area contributed by atoms with Crippen LogP contribution in [0.15, 0.2) is 30.7 Å². The zero-order valence-electron chi connectivity index (χ0n) is 14.7. The topological polar surface area (TPSA) is 51.0 Å². The van der Waals surface area contributed by atoms with E-state index in [2.05, 4.69) is 10.1 Å². The molecule has 21 heavy (non-hydrogen) atoms. The van der Waals surface area contributed by atoms with Gasteiger partial charge in [-0.05, 0) is 18.3 Å². The third-order valence-corrected chi connectivity index (χ3v) is 3.94. The van der Waals surface area contributed by atoms with Crippen LogP contribution in [0.1, 0.15) is 11.0 Å². The van der Waals surface area contributed by atoms with Crippen molar-refractivity contribution in [2.45, 2.75) is 6.92 Å². The monoisotopic (exact) mass is 327 g/mol. The van der Waals surface area contributed by atoms with Crippen LogP contribution in [0.2, 0.25) is 5.15 Å². The van der Waals surface area contributed by atoms with Crippen LogP contribution in [-0.4, -0.2) is 39.7 Å². The molecule has 0 aliphatic heterocycles. The van der Waals surface area contributed by atoms with Gasteiger partial charge in [-0.15, -0.1) is 0 Å². The highest BCUT2D eigenvalue weighted by atomic mass is 35.5.